The van der Waals surface area contributed by atoms with Crippen LogP contribution < -0.4 is 20.9 Å². The number of hydrogen-bond donors (Lipinski definition) is 3. The summed E-state index contributed by atoms with van der Waals surface area (Å²) in [6.07, 6.45) is 0. The van der Waals surface area contributed by atoms with Gasteiger partial charge in [-0.25, -0.2) is 0 Å². The van der Waals surface area contributed by atoms with E-state index in [0.29, 0.717) is 5.95 Å². The van der Waals surface area contributed by atoms with Gasteiger partial charge in [0, 0.05) is 5.69 Å². The molecule has 0 saturated carbocycles. The molecule has 0 bridgehead atoms. The SMILES string of the molecule is Cc1cccc(Nc2nc(N3CC[NH+](C)CC3)nc(N)c2[N+](=O)[O-])c1. The van der Waals surface area contributed by atoms with Crippen LogP contribution in [0.25, 0.3) is 0 Å². The second kappa shape index (κ2) is 6.89. The Kier molecular flexibility index (Phi) is 4.66. The van der Waals surface area contributed by atoms with E-state index in [1.807, 2.05) is 36.1 Å². The third-order valence-electron chi connectivity index (χ3n) is 4.26. The van der Waals surface area contributed by atoms with Crippen LogP contribution in [0, 0.1) is 17.0 Å². The van der Waals surface area contributed by atoms with Crippen LogP contribution in [0.5, 0.6) is 0 Å². The van der Waals surface area contributed by atoms with E-state index in [9.17, 15) is 10.1 Å². The van der Waals surface area contributed by atoms with E-state index in [1.165, 1.54) is 4.90 Å². The minimum absolute atomic E-state index is 0.115. The molecule has 132 valence electrons. The van der Waals surface area contributed by atoms with Crippen LogP contribution in [0.3, 0.4) is 0 Å². The molecule has 1 aromatic heterocycles. The van der Waals surface area contributed by atoms with Gasteiger partial charge in [0.25, 0.3) is 0 Å². The fourth-order valence-electron chi connectivity index (χ4n) is 2.82. The molecule has 1 aliphatic rings. The van der Waals surface area contributed by atoms with Crippen LogP contribution in [-0.4, -0.2) is 48.1 Å². The molecule has 1 saturated heterocycles. The second-order valence-electron chi connectivity index (χ2n) is 6.30. The molecule has 0 atom stereocenters. The zero-order chi connectivity index (χ0) is 18.0. The van der Waals surface area contributed by atoms with E-state index in [4.69, 9.17) is 5.73 Å². The summed E-state index contributed by atoms with van der Waals surface area (Å²) in [7, 11) is 2.13. The second-order valence-corrected chi connectivity index (χ2v) is 6.30. The molecule has 25 heavy (non-hydrogen) atoms. The van der Waals surface area contributed by atoms with Gasteiger partial charge < -0.3 is 20.9 Å². The van der Waals surface area contributed by atoms with Gasteiger partial charge in [0.2, 0.25) is 17.6 Å². The van der Waals surface area contributed by atoms with Crippen LogP contribution in [0.4, 0.5) is 29.0 Å². The molecule has 2 aromatic rings. The highest BCUT2D eigenvalue weighted by molar-refractivity contribution is 5.74. The molecule has 0 unspecified atom stereocenters. The molecule has 9 heteroatoms. The number of anilines is 4. The standard InChI is InChI=1S/C16H21N7O2/c1-11-4-3-5-12(10-11)18-15-13(23(24)25)14(17)19-16(20-15)22-8-6-21(2)7-9-22/h3-5,10H,6-9H2,1-2H3,(H3,17,18,19,20)/p+1. The minimum atomic E-state index is -0.550. The van der Waals surface area contributed by atoms with Crippen molar-refractivity contribution in [2.24, 2.45) is 0 Å². The Morgan fingerprint density at radius 1 is 1.32 bits per heavy atom. The molecule has 0 amide bonds. The van der Waals surface area contributed by atoms with E-state index < -0.39 is 4.92 Å². The first kappa shape index (κ1) is 16.9. The summed E-state index contributed by atoms with van der Waals surface area (Å²) in [6, 6.07) is 7.54. The lowest BCUT2D eigenvalue weighted by Gasteiger charge is -2.30. The molecule has 2 heterocycles. The summed E-state index contributed by atoms with van der Waals surface area (Å²) in [4.78, 5) is 22.9. The Bertz CT molecular complexity index is 788. The van der Waals surface area contributed by atoms with Crippen molar-refractivity contribution in [2.75, 3.05) is 49.2 Å². The lowest BCUT2D eigenvalue weighted by molar-refractivity contribution is -0.880. The Hall–Kier alpha value is -2.94. The quantitative estimate of drug-likeness (QED) is 0.542. The largest absolute Gasteiger partial charge is 0.378 e. The molecule has 1 fully saturated rings. The highest BCUT2D eigenvalue weighted by atomic mass is 16.6. The normalized spacial score (nSPS) is 15.2. The number of nitro groups is 1. The summed E-state index contributed by atoms with van der Waals surface area (Å²) in [5.74, 6) is 0.409. The van der Waals surface area contributed by atoms with Crippen molar-refractivity contribution in [3.63, 3.8) is 0 Å². The average Bonchev–Trinajstić information content (AvgIpc) is 2.54. The third kappa shape index (κ3) is 3.77. The summed E-state index contributed by atoms with van der Waals surface area (Å²) >= 11 is 0. The molecule has 4 N–H and O–H groups in total. The van der Waals surface area contributed by atoms with Crippen molar-refractivity contribution in [2.45, 2.75) is 6.92 Å². The number of piperazine rings is 1. The van der Waals surface area contributed by atoms with Gasteiger partial charge in [0.1, 0.15) is 0 Å². The maximum Gasteiger partial charge on any atom is 0.353 e. The van der Waals surface area contributed by atoms with Gasteiger partial charge in [0.05, 0.1) is 38.2 Å². The Morgan fingerprint density at radius 3 is 2.68 bits per heavy atom. The first-order valence-corrected chi connectivity index (χ1v) is 8.16. The van der Waals surface area contributed by atoms with Gasteiger partial charge in [-0.15, -0.1) is 0 Å². The third-order valence-corrected chi connectivity index (χ3v) is 4.26. The number of aromatic nitrogens is 2. The zero-order valence-electron chi connectivity index (χ0n) is 14.3. The number of rotatable bonds is 4. The van der Waals surface area contributed by atoms with Crippen molar-refractivity contribution >= 4 is 29.0 Å². The number of nitrogens with one attached hydrogen (secondary N) is 2. The fraction of sp³-hybridized carbons (Fsp3) is 0.375. The molecule has 0 spiro atoms. The summed E-state index contributed by atoms with van der Waals surface area (Å²) in [6.45, 7) is 5.44. The Balaban J connectivity index is 1.97. The van der Waals surface area contributed by atoms with Crippen molar-refractivity contribution in [3.8, 4) is 0 Å². The minimum Gasteiger partial charge on any atom is -0.378 e. The number of likely N-dealkylation sites (N-methyl/N-ethyl adjacent to an activating group) is 1. The fourth-order valence-corrected chi connectivity index (χ4v) is 2.82. The molecule has 3 rings (SSSR count). The monoisotopic (exact) mass is 344 g/mol. The van der Waals surface area contributed by atoms with Gasteiger partial charge in [-0.05, 0) is 24.6 Å². The number of nitrogens with zero attached hydrogens (tertiary/aromatic N) is 4. The number of quaternary nitrogens is 1. The Morgan fingerprint density at radius 2 is 2.04 bits per heavy atom. The highest BCUT2D eigenvalue weighted by Crippen LogP contribution is 2.32. The molecule has 1 aromatic carbocycles. The molecular formula is C16H22N7O2+. The van der Waals surface area contributed by atoms with Crippen LogP contribution in [0.2, 0.25) is 0 Å². The first-order valence-electron chi connectivity index (χ1n) is 8.16. The van der Waals surface area contributed by atoms with Gasteiger partial charge in [-0.2, -0.15) is 9.97 Å². The van der Waals surface area contributed by atoms with Crippen molar-refractivity contribution in [1.29, 1.82) is 0 Å². The lowest BCUT2D eigenvalue weighted by atomic mass is 10.2. The van der Waals surface area contributed by atoms with Crippen LogP contribution >= 0.6 is 0 Å². The number of nitrogens with two attached hydrogens (primary N) is 1. The molecule has 0 aliphatic carbocycles. The molecule has 9 nitrogen and oxygen atoms in total. The summed E-state index contributed by atoms with van der Waals surface area (Å²) in [5.41, 5.74) is 7.33. The van der Waals surface area contributed by atoms with E-state index in [1.54, 1.807) is 0 Å². The van der Waals surface area contributed by atoms with Crippen molar-refractivity contribution in [1.82, 2.24) is 9.97 Å². The first-order chi connectivity index (χ1) is 11.9. The van der Waals surface area contributed by atoms with Crippen LogP contribution in [0.1, 0.15) is 5.56 Å². The number of aryl methyl sites for hydroxylation is 1. The maximum atomic E-state index is 11.4. The van der Waals surface area contributed by atoms with Crippen LogP contribution in [-0.2, 0) is 0 Å². The average molecular weight is 344 g/mol. The van der Waals surface area contributed by atoms with Crippen molar-refractivity contribution < 1.29 is 9.82 Å². The van der Waals surface area contributed by atoms with E-state index >= 15 is 0 Å². The predicted octanol–water partition coefficient (Wildman–Crippen LogP) is 0.354. The van der Waals surface area contributed by atoms with E-state index in [0.717, 1.165) is 37.4 Å². The van der Waals surface area contributed by atoms with Gasteiger partial charge in [-0.3, -0.25) is 10.1 Å². The molecule has 0 radical (unpaired) electrons. The van der Waals surface area contributed by atoms with E-state index in [-0.39, 0.29) is 17.3 Å². The lowest BCUT2D eigenvalue weighted by Crippen LogP contribution is -3.12. The topological polar surface area (TPSA) is 115 Å². The maximum absolute atomic E-state index is 11.4. The Labute approximate surface area is 145 Å². The number of nitrogen functional groups attached to an aromatic ring is 1. The van der Waals surface area contributed by atoms with Gasteiger partial charge in [-0.1, -0.05) is 12.1 Å². The predicted molar refractivity (Wildman–Crippen MR) is 96.4 cm³/mol. The van der Waals surface area contributed by atoms with E-state index in [2.05, 4.69) is 22.3 Å². The van der Waals surface area contributed by atoms with Crippen LogP contribution in [0.15, 0.2) is 24.3 Å². The van der Waals surface area contributed by atoms with Gasteiger partial charge >= 0.3 is 5.69 Å². The summed E-state index contributed by atoms with van der Waals surface area (Å²) in [5, 5.41) is 14.4. The molecule has 1 aliphatic heterocycles. The number of benzene rings is 1. The number of hydrogen-bond acceptors (Lipinski definition) is 7. The summed E-state index contributed by atoms with van der Waals surface area (Å²) < 4.78 is 0. The van der Waals surface area contributed by atoms with Crippen molar-refractivity contribution in [3.05, 3.63) is 39.9 Å². The highest BCUT2D eigenvalue weighted by Gasteiger charge is 2.27. The zero-order valence-corrected chi connectivity index (χ0v) is 14.3. The van der Waals surface area contributed by atoms with Gasteiger partial charge in [0.15, 0.2) is 0 Å². The molecular weight excluding hydrogens is 322 g/mol. The smallest absolute Gasteiger partial charge is 0.353 e.